The zero-order chi connectivity index (χ0) is 18.6. The number of carbonyl (C=O) groups excluding carboxylic acids is 1. The van der Waals surface area contributed by atoms with Gasteiger partial charge in [0.05, 0.1) is 18.2 Å². The quantitative estimate of drug-likeness (QED) is 0.595. The van der Waals surface area contributed by atoms with Gasteiger partial charge < -0.3 is 19.1 Å². The van der Waals surface area contributed by atoms with Gasteiger partial charge in [0.25, 0.3) is 0 Å². The number of carbonyl (C=O) groups is 1. The minimum atomic E-state index is -4.63. The molecule has 0 unspecified atom stereocenters. The zero-order valence-corrected chi connectivity index (χ0v) is 14.4. The third kappa shape index (κ3) is 4.43. The molecule has 8 heteroatoms. The van der Waals surface area contributed by atoms with Crippen molar-refractivity contribution in [2.75, 3.05) is 39.3 Å². The molecule has 0 radical (unpaired) electrons. The summed E-state index contributed by atoms with van der Waals surface area (Å²) in [6.45, 7) is 1.17. The van der Waals surface area contributed by atoms with Gasteiger partial charge in [0.15, 0.2) is 6.29 Å². The Morgan fingerprint density at radius 2 is 1.76 bits per heavy atom. The predicted octanol–water partition coefficient (Wildman–Crippen LogP) is 3.33. The van der Waals surface area contributed by atoms with Gasteiger partial charge >= 0.3 is 12.1 Å². The molecule has 2 rings (SSSR count). The van der Waals surface area contributed by atoms with Crippen molar-refractivity contribution in [1.29, 1.82) is 0 Å². The van der Waals surface area contributed by atoms with Crippen molar-refractivity contribution in [3.63, 3.8) is 0 Å². The average Bonchev–Trinajstić information content (AvgIpc) is 2.61. The minimum Gasteiger partial charge on any atom is -0.465 e. The molecule has 1 aliphatic rings. The Hall–Kier alpha value is -1.80. The van der Waals surface area contributed by atoms with E-state index in [0.29, 0.717) is 18.8 Å². The molecule has 1 saturated heterocycles. The van der Waals surface area contributed by atoms with Crippen LogP contribution in [0, 0.1) is 5.92 Å². The number of esters is 1. The summed E-state index contributed by atoms with van der Waals surface area (Å²) in [4.78, 5) is 13.5. The maximum atomic E-state index is 13.3. The number of anilines is 1. The van der Waals surface area contributed by atoms with E-state index in [0.717, 1.165) is 26.0 Å². The Balaban J connectivity index is 2.20. The SMILES string of the molecule is COC(=O)c1ccc(N2CCC(C(OC)OC)CC2)cc1C(F)(F)F. The third-order valence-electron chi connectivity index (χ3n) is 4.47. The number of benzene rings is 1. The molecule has 1 heterocycles. The van der Waals surface area contributed by atoms with E-state index in [1.54, 1.807) is 14.2 Å². The first-order chi connectivity index (χ1) is 11.8. The lowest BCUT2D eigenvalue weighted by Gasteiger charge is -2.36. The predicted molar refractivity (Wildman–Crippen MR) is 85.5 cm³/mol. The first-order valence-corrected chi connectivity index (χ1v) is 7.92. The van der Waals surface area contributed by atoms with Crippen LogP contribution in [0.15, 0.2) is 18.2 Å². The van der Waals surface area contributed by atoms with Crippen LogP contribution in [-0.2, 0) is 20.4 Å². The largest absolute Gasteiger partial charge is 0.465 e. The van der Waals surface area contributed by atoms with Crippen molar-refractivity contribution in [3.05, 3.63) is 29.3 Å². The van der Waals surface area contributed by atoms with Crippen LogP contribution in [0.1, 0.15) is 28.8 Å². The molecule has 1 aromatic carbocycles. The highest BCUT2D eigenvalue weighted by atomic mass is 19.4. The van der Waals surface area contributed by atoms with E-state index >= 15 is 0 Å². The van der Waals surface area contributed by atoms with Crippen molar-refractivity contribution in [1.82, 2.24) is 0 Å². The van der Waals surface area contributed by atoms with Crippen LogP contribution in [0.2, 0.25) is 0 Å². The zero-order valence-electron chi connectivity index (χ0n) is 14.4. The number of ether oxygens (including phenoxy) is 3. The highest BCUT2D eigenvalue weighted by Crippen LogP contribution is 2.36. The average molecular weight is 361 g/mol. The van der Waals surface area contributed by atoms with Gasteiger partial charge in [0.1, 0.15) is 0 Å². The fraction of sp³-hybridized carbons (Fsp3) is 0.588. The first-order valence-electron chi connectivity index (χ1n) is 7.92. The summed E-state index contributed by atoms with van der Waals surface area (Å²) in [6, 6.07) is 3.70. The molecular weight excluding hydrogens is 339 g/mol. The highest BCUT2D eigenvalue weighted by Gasteiger charge is 2.36. The molecule has 0 spiro atoms. The van der Waals surface area contributed by atoms with Crippen LogP contribution in [0.25, 0.3) is 0 Å². The Labute approximate surface area is 144 Å². The number of methoxy groups -OCH3 is 3. The molecule has 1 aromatic rings. The molecule has 0 bridgehead atoms. The van der Waals surface area contributed by atoms with E-state index < -0.39 is 23.3 Å². The van der Waals surface area contributed by atoms with Gasteiger partial charge in [-0.25, -0.2) is 4.79 Å². The molecule has 1 fully saturated rings. The maximum absolute atomic E-state index is 13.3. The van der Waals surface area contributed by atoms with Crippen LogP contribution in [0.3, 0.4) is 0 Å². The number of nitrogens with zero attached hydrogens (tertiary/aromatic N) is 1. The Morgan fingerprint density at radius 1 is 1.16 bits per heavy atom. The van der Waals surface area contributed by atoms with E-state index in [1.807, 2.05) is 4.90 Å². The van der Waals surface area contributed by atoms with Crippen molar-refractivity contribution >= 4 is 11.7 Å². The van der Waals surface area contributed by atoms with Crippen molar-refractivity contribution < 1.29 is 32.2 Å². The van der Waals surface area contributed by atoms with E-state index in [9.17, 15) is 18.0 Å². The van der Waals surface area contributed by atoms with Crippen LogP contribution in [-0.4, -0.2) is 46.7 Å². The second-order valence-electron chi connectivity index (χ2n) is 5.88. The monoisotopic (exact) mass is 361 g/mol. The lowest BCUT2D eigenvalue weighted by molar-refractivity contribution is -0.141. The number of piperidine rings is 1. The summed E-state index contributed by atoms with van der Waals surface area (Å²) in [6.07, 6.45) is -3.46. The number of halogens is 3. The van der Waals surface area contributed by atoms with Gasteiger partial charge in [-0.1, -0.05) is 0 Å². The van der Waals surface area contributed by atoms with Gasteiger partial charge in [-0.15, -0.1) is 0 Å². The van der Waals surface area contributed by atoms with Gasteiger partial charge in [-0.2, -0.15) is 13.2 Å². The Bertz CT molecular complexity index is 594. The molecule has 0 saturated carbocycles. The lowest BCUT2D eigenvalue weighted by atomic mass is 9.95. The second kappa shape index (κ2) is 8.05. The van der Waals surface area contributed by atoms with Crippen molar-refractivity contribution in [3.8, 4) is 0 Å². The van der Waals surface area contributed by atoms with Crippen molar-refractivity contribution in [2.24, 2.45) is 5.92 Å². The first kappa shape index (κ1) is 19.5. The molecule has 1 aliphatic heterocycles. The third-order valence-corrected chi connectivity index (χ3v) is 4.47. The van der Waals surface area contributed by atoms with E-state index in [-0.39, 0.29) is 12.2 Å². The molecule has 0 amide bonds. The standard InChI is InChI=1S/C17H22F3NO4/c1-23-15(22)13-5-4-12(10-14(13)17(18,19)20)21-8-6-11(7-9-21)16(24-2)25-3/h4-5,10-11,16H,6-9H2,1-3H3. The summed E-state index contributed by atoms with van der Waals surface area (Å²) in [5.41, 5.74) is -1.03. The smallest absolute Gasteiger partial charge is 0.417 e. The molecular formula is C17H22F3NO4. The van der Waals surface area contributed by atoms with Crippen LogP contribution < -0.4 is 4.90 Å². The number of hydrogen-bond acceptors (Lipinski definition) is 5. The molecule has 0 aliphatic carbocycles. The molecule has 25 heavy (non-hydrogen) atoms. The van der Waals surface area contributed by atoms with Crippen LogP contribution in [0.4, 0.5) is 18.9 Å². The normalized spacial score (nSPS) is 16.4. The number of alkyl halides is 3. The Kier molecular flexibility index (Phi) is 6.29. The molecule has 0 aromatic heterocycles. The van der Waals surface area contributed by atoms with Gasteiger partial charge in [0, 0.05) is 38.9 Å². The van der Waals surface area contributed by atoms with E-state index in [4.69, 9.17) is 9.47 Å². The summed E-state index contributed by atoms with van der Waals surface area (Å²) in [5.74, 6) is -0.803. The lowest BCUT2D eigenvalue weighted by Crippen LogP contribution is -2.39. The summed E-state index contributed by atoms with van der Waals surface area (Å²) in [7, 11) is 4.20. The van der Waals surface area contributed by atoms with Crippen LogP contribution in [0.5, 0.6) is 0 Å². The summed E-state index contributed by atoms with van der Waals surface area (Å²) < 4.78 is 54.8. The molecule has 140 valence electrons. The van der Waals surface area contributed by atoms with Crippen LogP contribution >= 0.6 is 0 Å². The number of rotatable bonds is 5. The Morgan fingerprint density at radius 3 is 2.24 bits per heavy atom. The maximum Gasteiger partial charge on any atom is 0.417 e. The topological polar surface area (TPSA) is 48.0 Å². The molecule has 0 atom stereocenters. The van der Waals surface area contributed by atoms with Crippen molar-refractivity contribution in [2.45, 2.75) is 25.3 Å². The fourth-order valence-corrected chi connectivity index (χ4v) is 3.16. The highest BCUT2D eigenvalue weighted by molar-refractivity contribution is 5.91. The fourth-order valence-electron chi connectivity index (χ4n) is 3.16. The van der Waals surface area contributed by atoms with Gasteiger partial charge in [-0.3, -0.25) is 0 Å². The van der Waals surface area contributed by atoms with E-state index in [1.165, 1.54) is 12.1 Å². The molecule has 5 nitrogen and oxygen atoms in total. The summed E-state index contributed by atoms with van der Waals surface area (Å²) in [5, 5.41) is 0. The summed E-state index contributed by atoms with van der Waals surface area (Å²) >= 11 is 0. The number of hydrogen-bond donors (Lipinski definition) is 0. The van der Waals surface area contributed by atoms with Gasteiger partial charge in [-0.05, 0) is 31.0 Å². The van der Waals surface area contributed by atoms with E-state index in [2.05, 4.69) is 4.74 Å². The van der Waals surface area contributed by atoms with Gasteiger partial charge in [0.2, 0.25) is 0 Å². The molecule has 0 N–H and O–H groups in total. The minimum absolute atomic E-state index is 0.197. The second-order valence-corrected chi connectivity index (χ2v) is 5.88.